The van der Waals surface area contributed by atoms with Crippen LogP contribution < -0.4 is 5.32 Å². The van der Waals surface area contributed by atoms with Crippen molar-refractivity contribution in [1.82, 2.24) is 10.2 Å². The maximum absolute atomic E-state index is 5.99. The van der Waals surface area contributed by atoms with Crippen LogP contribution in [0.1, 0.15) is 47.0 Å². The molecule has 106 valence electrons. The molecule has 0 aliphatic carbocycles. The molecule has 2 saturated heterocycles. The third kappa shape index (κ3) is 3.94. The molecule has 0 amide bonds. The van der Waals surface area contributed by atoms with Crippen molar-refractivity contribution in [3.8, 4) is 0 Å². The van der Waals surface area contributed by atoms with E-state index in [4.69, 9.17) is 4.74 Å². The summed E-state index contributed by atoms with van der Waals surface area (Å²) in [5.41, 5.74) is 0. The van der Waals surface area contributed by atoms with Crippen LogP contribution in [0.25, 0.3) is 0 Å². The van der Waals surface area contributed by atoms with E-state index in [9.17, 15) is 0 Å². The van der Waals surface area contributed by atoms with E-state index in [2.05, 4.69) is 37.9 Å². The van der Waals surface area contributed by atoms with E-state index in [1.165, 1.54) is 25.8 Å². The van der Waals surface area contributed by atoms with Gasteiger partial charge < -0.3 is 10.1 Å². The molecule has 2 fully saturated rings. The van der Waals surface area contributed by atoms with E-state index in [-0.39, 0.29) is 0 Å². The summed E-state index contributed by atoms with van der Waals surface area (Å²) < 4.78 is 5.99. The molecule has 0 bridgehead atoms. The van der Waals surface area contributed by atoms with Crippen molar-refractivity contribution in [3.05, 3.63) is 0 Å². The summed E-state index contributed by atoms with van der Waals surface area (Å²) in [5, 5.41) is 3.62. The molecule has 2 rings (SSSR count). The van der Waals surface area contributed by atoms with Gasteiger partial charge in [-0.25, -0.2) is 0 Å². The summed E-state index contributed by atoms with van der Waals surface area (Å²) in [6, 6.07) is 1.31. The predicted octanol–water partition coefficient (Wildman–Crippen LogP) is 2.26. The summed E-state index contributed by atoms with van der Waals surface area (Å²) in [6.45, 7) is 12.6. The minimum absolute atomic E-state index is 0.471. The normalized spacial score (nSPS) is 38.5. The molecular formula is C15H30N2O. The minimum atomic E-state index is 0.471. The zero-order valence-corrected chi connectivity index (χ0v) is 12.5. The SMILES string of the molecule is CC(C)CC1CNC(C)CN1CC1CCC(C)O1. The first-order chi connectivity index (χ1) is 8.54. The lowest BCUT2D eigenvalue weighted by molar-refractivity contribution is 0.00856. The Balaban J connectivity index is 1.88. The predicted molar refractivity (Wildman–Crippen MR) is 75.8 cm³/mol. The summed E-state index contributed by atoms with van der Waals surface area (Å²) >= 11 is 0. The van der Waals surface area contributed by atoms with Crippen molar-refractivity contribution >= 4 is 0 Å². The van der Waals surface area contributed by atoms with Gasteiger partial charge in [-0.1, -0.05) is 13.8 Å². The molecular weight excluding hydrogens is 224 g/mol. The molecule has 2 aliphatic rings. The Bertz CT molecular complexity index is 257. The van der Waals surface area contributed by atoms with Crippen molar-refractivity contribution in [2.24, 2.45) is 5.92 Å². The summed E-state index contributed by atoms with van der Waals surface area (Å²) in [7, 11) is 0. The van der Waals surface area contributed by atoms with E-state index < -0.39 is 0 Å². The number of piperazine rings is 1. The summed E-state index contributed by atoms with van der Waals surface area (Å²) in [6.07, 6.45) is 4.72. The molecule has 2 aliphatic heterocycles. The smallest absolute Gasteiger partial charge is 0.0706 e. The Morgan fingerprint density at radius 2 is 2.06 bits per heavy atom. The number of nitrogens with one attached hydrogen (secondary N) is 1. The molecule has 0 radical (unpaired) electrons. The minimum Gasteiger partial charge on any atom is -0.374 e. The van der Waals surface area contributed by atoms with Gasteiger partial charge in [-0.05, 0) is 39.0 Å². The van der Waals surface area contributed by atoms with Crippen molar-refractivity contribution in [2.45, 2.75) is 71.2 Å². The average Bonchev–Trinajstić information content (AvgIpc) is 2.67. The zero-order chi connectivity index (χ0) is 13.1. The molecule has 0 aromatic carbocycles. The number of hydrogen-bond donors (Lipinski definition) is 1. The molecule has 3 heteroatoms. The first-order valence-electron chi connectivity index (χ1n) is 7.67. The number of hydrogen-bond acceptors (Lipinski definition) is 3. The van der Waals surface area contributed by atoms with Crippen LogP contribution in [0.4, 0.5) is 0 Å². The van der Waals surface area contributed by atoms with Gasteiger partial charge in [0.2, 0.25) is 0 Å². The van der Waals surface area contributed by atoms with Crippen LogP contribution in [0.5, 0.6) is 0 Å². The molecule has 0 aromatic rings. The molecule has 18 heavy (non-hydrogen) atoms. The van der Waals surface area contributed by atoms with E-state index in [1.807, 2.05) is 0 Å². The third-order valence-corrected chi connectivity index (χ3v) is 4.23. The van der Waals surface area contributed by atoms with Gasteiger partial charge in [-0.3, -0.25) is 4.90 Å². The highest BCUT2D eigenvalue weighted by molar-refractivity contribution is 4.87. The van der Waals surface area contributed by atoms with Crippen LogP contribution in [0.15, 0.2) is 0 Å². The second kappa shape index (κ2) is 6.36. The highest BCUT2D eigenvalue weighted by Crippen LogP contribution is 2.23. The van der Waals surface area contributed by atoms with Crippen LogP contribution >= 0.6 is 0 Å². The fraction of sp³-hybridized carbons (Fsp3) is 1.00. The maximum Gasteiger partial charge on any atom is 0.0706 e. The molecule has 0 saturated carbocycles. The largest absolute Gasteiger partial charge is 0.374 e. The van der Waals surface area contributed by atoms with Crippen LogP contribution in [0, 0.1) is 5.92 Å². The van der Waals surface area contributed by atoms with E-state index in [1.54, 1.807) is 0 Å². The molecule has 1 N–H and O–H groups in total. The molecule has 2 heterocycles. The molecule has 4 unspecified atom stereocenters. The monoisotopic (exact) mass is 254 g/mol. The lowest BCUT2D eigenvalue weighted by Gasteiger charge is -2.41. The lowest BCUT2D eigenvalue weighted by atomic mass is 9.98. The van der Waals surface area contributed by atoms with Gasteiger partial charge in [0.15, 0.2) is 0 Å². The van der Waals surface area contributed by atoms with Gasteiger partial charge in [0, 0.05) is 31.7 Å². The Morgan fingerprint density at radius 3 is 2.67 bits per heavy atom. The number of nitrogens with zero attached hydrogens (tertiary/aromatic N) is 1. The first-order valence-corrected chi connectivity index (χ1v) is 7.67. The Hall–Kier alpha value is -0.120. The molecule has 0 spiro atoms. The van der Waals surface area contributed by atoms with E-state index >= 15 is 0 Å². The van der Waals surface area contributed by atoms with Gasteiger partial charge >= 0.3 is 0 Å². The number of rotatable bonds is 4. The molecule has 4 atom stereocenters. The van der Waals surface area contributed by atoms with Crippen molar-refractivity contribution < 1.29 is 4.74 Å². The summed E-state index contributed by atoms with van der Waals surface area (Å²) in [4.78, 5) is 2.67. The highest BCUT2D eigenvalue weighted by Gasteiger charge is 2.30. The van der Waals surface area contributed by atoms with E-state index in [0.29, 0.717) is 24.3 Å². The Labute approximate surface area is 112 Å². The quantitative estimate of drug-likeness (QED) is 0.833. The van der Waals surface area contributed by atoms with Gasteiger partial charge in [-0.2, -0.15) is 0 Å². The maximum atomic E-state index is 5.99. The Morgan fingerprint density at radius 1 is 1.28 bits per heavy atom. The molecule has 3 nitrogen and oxygen atoms in total. The van der Waals surface area contributed by atoms with Gasteiger partial charge in [-0.15, -0.1) is 0 Å². The van der Waals surface area contributed by atoms with E-state index in [0.717, 1.165) is 19.0 Å². The lowest BCUT2D eigenvalue weighted by Crippen LogP contribution is -2.57. The second-order valence-electron chi connectivity index (χ2n) is 6.69. The van der Waals surface area contributed by atoms with Crippen molar-refractivity contribution in [2.75, 3.05) is 19.6 Å². The third-order valence-electron chi connectivity index (χ3n) is 4.23. The van der Waals surface area contributed by atoms with Crippen LogP contribution in [-0.4, -0.2) is 48.8 Å². The fourth-order valence-corrected chi connectivity index (χ4v) is 3.31. The summed E-state index contributed by atoms with van der Waals surface area (Å²) in [5.74, 6) is 0.774. The van der Waals surface area contributed by atoms with Gasteiger partial charge in [0.25, 0.3) is 0 Å². The van der Waals surface area contributed by atoms with Crippen LogP contribution in [0.3, 0.4) is 0 Å². The van der Waals surface area contributed by atoms with Gasteiger partial charge in [0.1, 0.15) is 0 Å². The van der Waals surface area contributed by atoms with Crippen molar-refractivity contribution in [1.29, 1.82) is 0 Å². The Kier molecular flexibility index (Phi) is 5.05. The topological polar surface area (TPSA) is 24.5 Å². The van der Waals surface area contributed by atoms with Crippen molar-refractivity contribution in [3.63, 3.8) is 0 Å². The standard InChI is InChI=1S/C15H30N2O/c1-11(2)7-14-8-16-12(3)9-17(14)10-15-6-5-13(4)18-15/h11-16H,5-10H2,1-4H3. The fourth-order valence-electron chi connectivity index (χ4n) is 3.31. The first kappa shape index (κ1) is 14.3. The van der Waals surface area contributed by atoms with Crippen LogP contribution in [-0.2, 0) is 4.74 Å². The second-order valence-corrected chi connectivity index (χ2v) is 6.69. The molecule has 0 aromatic heterocycles. The number of ether oxygens (including phenoxy) is 1. The van der Waals surface area contributed by atoms with Gasteiger partial charge in [0.05, 0.1) is 12.2 Å². The highest BCUT2D eigenvalue weighted by atomic mass is 16.5. The average molecular weight is 254 g/mol. The zero-order valence-electron chi connectivity index (χ0n) is 12.5. The van der Waals surface area contributed by atoms with Crippen LogP contribution in [0.2, 0.25) is 0 Å².